The van der Waals surface area contributed by atoms with E-state index in [2.05, 4.69) is 5.10 Å². The minimum Gasteiger partial charge on any atom is -0.494 e. The maximum atomic E-state index is 13.4. The number of ether oxygens (including phenoxy) is 3. The Bertz CT molecular complexity index is 1080. The standard InChI is InChI=1S/C29H42N4O5.ClH/c1-20(2)33(21(3)4)27(34)25-15-14-24(18-26(25)38-29(5,6)28(30)35)37-17-9-7-8-16-36-23-12-10-22(11-13-23)19-32-31;/h10-15,18-21H,7-9,16-17,31H2,1-6H3,(H2,30,35);1H. The number of carbonyl (C=O) groups is 2. The second-order valence-corrected chi connectivity index (χ2v) is 10.1. The zero-order valence-electron chi connectivity index (χ0n) is 23.8. The summed E-state index contributed by atoms with van der Waals surface area (Å²) in [5.74, 6) is 5.95. The Morgan fingerprint density at radius 2 is 1.46 bits per heavy atom. The first-order chi connectivity index (χ1) is 18.0. The summed E-state index contributed by atoms with van der Waals surface area (Å²) in [5, 5.41) is 3.50. The molecule has 4 N–H and O–H groups in total. The van der Waals surface area contributed by atoms with Crippen LogP contribution in [0.3, 0.4) is 0 Å². The third-order valence-electron chi connectivity index (χ3n) is 5.92. The molecule has 0 unspecified atom stereocenters. The lowest BCUT2D eigenvalue weighted by atomic mass is 10.1. The summed E-state index contributed by atoms with van der Waals surface area (Å²) in [6, 6.07) is 12.6. The molecule has 2 amide bonds. The molecule has 2 aromatic carbocycles. The van der Waals surface area contributed by atoms with Crippen LogP contribution in [0.5, 0.6) is 17.2 Å². The van der Waals surface area contributed by atoms with Crippen molar-refractivity contribution in [2.75, 3.05) is 13.2 Å². The normalized spacial score (nSPS) is 11.4. The smallest absolute Gasteiger partial charge is 0.261 e. The molecule has 0 spiro atoms. The SMILES string of the molecule is CC(C)N(C(=O)c1ccc(OCCCCCOc2ccc(C=NN)cc2)cc1OC(C)(C)C(N)=O)C(C)C.Cl. The lowest BCUT2D eigenvalue weighted by Gasteiger charge is -2.32. The van der Waals surface area contributed by atoms with Gasteiger partial charge in [-0.25, -0.2) is 0 Å². The molecule has 216 valence electrons. The first kappa shape index (κ1) is 33.6. The van der Waals surface area contributed by atoms with Crippen LogP contribution in [0, 0.1) is 0 Å². The van der Waals surface area contributed by atoms with Gasteiger partial charge in [0.05, 0.1) is 25.0 Å². The largest absolute Gasteiger partial charge is 0.494 e. The average molecular weight is 563 g/mol. The molecule has 0 heterocycles. The van der Waals surface area contributed by atoms with Gasteiger partial charge in [0.1, 0.15) is 17.2 Å². The predicted molar refractivity (Wildman–Crippen MR) is 157 cm³/mol. The molecule has 10 heteroatoms. The maximum absolute atomic E-state index is 13.4. The zero-order valence-corrected chi connectivity index (χ0v) is 24.6. The number of hydrogen-bond acceptors (Lipinski definition) is 7. The highest BCUT2D eigenvalue weighted by molar-refractivity contribution is 5.97. The van der Waals surface area contributed by atoms with Crippen molar-refractivity contribution >= 4 is 30.4 Å². The third kappa shape index (κ3) is 10.3. The minimum absolute atomic E-state index is 0. The van der Waals surface area contributed by atoms with Crippen molar-refractivity contribution in [3.8, 4) is 17.2 Å². The Labute approximate surface area is 238 Å². The molecule has 0 saturated heterocycles. The molecule has 0 fully saturated rings. The molecule has 0 atom stereocenters. The van der Waals surface area contributed by atoms with Crippen molar-refractivity contribution in [2.24, 2.45) is 16.7 Å². The van der Waals surface area contributed by atoms with Crippen LogP contribution < -0.4 is 25.8 Å². The molecule has 2 rings (SSSR count). The van der Waals surface area contributed by atoms with Crippen LogP contribution >= 0.6 is 12.4 Å². The van der Waals surface area contributed by atoms with E-state index in [0.717, 1.165) is 30.6 Å². The van der Waals surface area contributed by atoms with Crippen LogP contribution in [-0.2, 0) is 4.79 Å². The zero-order chi connectivity index (χ0) is 28.3. The molecule has 0 aromatic heterocycles. The Morgan fingerprint density at radius 1 is 0.923 bits per heavy atom. The highest BCUT2D eigenvalue weighted by atomic mass is 35.5. The summed E-state index contributed by atoms with van der Waals surface area (Å²) in [6.45, 7) is 12.1. The van der Waals surface area contributed by atoms with E-state index in [9.17, 15) is 9.59 Å². The number of hydrogen-bond donors (Lipinski definition) is 2. The number of hydrazone groups is 1. The molecule has 2 aromatic rings. The van der Waals surface area contributed by atoms with Crippen LogP contribution in [0.1, 0.15) is 76.7 Å². The van der Waals surface area contributed by atoms with Gasteiger partial charge in [0.15, 0.2) is 5.60 Å². The van der Waals surface area contributed by atoms with Crippen molar-refractivity contribution in [3.05, 3.63) is 53.6 Å². The van der Waals surface area contributed by atoms with E-state index in [0.29, 0.717) is 24.5 Å². The van der Waals surface area contributed by atoms with Gasteiger partial charge in [0, 0.05) is 18.2 Å². The van der Waals surface area contributed by atoms with E-state index in [4.69, 9.17) is 25.8 Å². The number of nitrogens with zero attached hydrogens (tertiary/aromatic N) is 2. The number of benzene rings is 2. The van der Waals surface area contributed by atoms with Crippen LogP contribution in [0.2, 0.25) is 0 Å². The number of rotatable bonds is 15. The minimum atomic E-state index is -1.30. The van der Waals surface area contributed by atoms with Gasteiger partial charge in [0.25, 0.3) is 11.8 Å². The Kier molecular flexibility index (Phi) is 13.6. The summed E-state index contributed by atoms with van der Waals surface area (Å²) in [4.78, 5) is 27.1. The van der Waals surface area contributed by atoms with Crippen LogP contribution in [-0.4, -0.2) is 53.8 Å². The van der Waals surface area contributed by atoms with E-state index in [1.54, 1.807) is 43.2 Å². The van der Waals surface area contributed by atoms with Crippen molar-refractivity contribution in [2.45, 2.75) is 78.5 Å². The fraction of sp³-hybridized carbons (Fsp3) is 0.483. The molecular weight excluding hydrogens is 520 g/mol. The molecule has 9 nitrogen and oxygen atoms in total. The van der Waals surface area contributed by atoms with E-state index in [1.165, 1.54) is 0 Å². The summed E-state index contributed by atoms with van der Waals surface area (Å²) in [7, 11) is 0. The van der Waals surface area contributed by atoms with Gasteiger partial charge < -0.3 is 30.7 Å². The Morgan fingerprint density at radius 3 is 1.97 bits per heavy atom. The van der Waals surface area contributed by atoms with Crippen molar-refractivity contribution in [3.63, 3.8) is 0 Å². The molecule has 39 heavy (non-hydrogen) atoms. The van der Waals surface area contributed by atoms with Gasteiger partial charge in [-0.2, -0.15) is 5.10 Å². The first-order valence-corrected chi connectivity index (χ1v) is 13.0. The van der Waals surface area contributed by atoms with Gasteiger partial charge in [-0.05, 0) is 103 Å². The number of carbonyl (C=O) groups excluding carboxylic acids is 2. The molecule has 0 radical (unpaired) electrons. The van der Waals surface area contributed by atoms with Crippen LogP contribution in [0.15, 0.2) is 47.6 Å². The van der Waals surface area contributed by atoms with Crippen molar-refractivity contribution in [1.29, 1.82) is 0 Å². The summed E-state index contributed by atoms with van der Waals surface area (Å²) in [6.07, 6.45) is 4.21. The monoisotopic (exact) mass is 562 g/mol. The second kappa shape index (κ2) is 15.8. The molecule has 0 aliphatic rings. The van der Waals surface area contributed by atoms with Crippen molar-refractivity contribution in [1.82, 2.24) is 4.90 Å². The van der Waals surface area contributed by atoms with E-state index in [1.807, 2.05) is 52.0 Å². The second-order valence-electron chi connectivity index (χ2n) is 10.1. The average Bonchev–Trinajstić information content (AvgIpc) is 2.84. The van der Waals surface area contributed by atoms with Crippen molar-refractivity contribution < 1.29 is 23.8 Å². The number of halogens is 1. The van der Waals surface area contributed by atoms with Gasteiger partial charge in [-0.1, -0.05) is 0 Å². The van der Waals surface area contributed by atoms with Crippen LogP contribution in [0.4, 0.5) is 0 Å². The fourth-order valence-corrected chi connectivity index (χ4v) is 3.88. The fourth-order valence-electron chi connectivity index (χ4n) is 3.88. The predicted octanol–water partition coefficient (Wildman–Crippen LogP) is 4.93. The number of amides is 2. The topological polar surface area (TPSA) is 129 Å². The molecule has 0 saturated carbocycles. The van der Waals surface area contributed by atoms with E-state index in [-0.39, 0.29) is 36.1 Å². The first-order valence-electron chi connectivity index (χ1n) is 13.0. The maximum Gasteiger partial charge on any atom is 0.261 e. The van der Waals surface area contributed by atoms with Gasteiger partial charge in [-0.15, -0.1) is 12.4 Å². The van der Waals surface area contributed by atoms with Gasteiger partial charge in [0.2, 0.25) is 0 Å². The van der Waals surface area contributed by atoms with E-state index >= 15 is 0 Å². The summed E-state index contributed by atoms with van der Waals surface area (Å²) >= 11 is 0. The molecular formula is C29H43ClN4O5. The number of nitrogens with two attached hydrogens (primary N) is 2. The molecule has 0 aliphatic carbocycles. The summed E-state index contributed by atoms with van der Waals surface area (Å²) < 4.78 is 17.7. The van der Waals surface area contributed by atoms with Crippen LogP contribution in [0.25, 0.3) is 0 Å². The quantitative estimate of drug-likeness (QED) is 0.137. The number of unbranched alkanes of at least 4 members (excludes halogenated alkanes) is 2. The lowest BCUT2D eigenvalue weighted by molar-refractivity contribution is -0.130. The third-order valence-corrected chi connectivity index (χ3v) is 5.92. The highest BCUT2D eigenvalue weighted by Crippen LogP contribution is 2.30. The van der Waals surface area contributed by atoms with Gasteiger partial charge in [-0.3, -0.25) is 9.59 Å². The van der Waals surface area contributed by atoms with Gasteiger partial charge >= 0.3 is 0 Å². The van der Waals surface area contributed by atoms with E-state index < -0.39 is 11.5 Å². The molecule has 0 aliphatic heterocycles. The highest BCUT2D eigenvalue weighted by Gasteiger charge is 2.31. The number of primary amides is 1. The Hall–Kier alpha value is -3.46. The molecule has 0 bridgehead atoms. The summed E-state index contributed by atoms with van der Waals surface area (Å²) in [5.41, 5.74) is 5.49. The Balaban J connectivity index is 0.00000760. The lowest BCUT2D eigenvalue weighted by Crippen LogP contribution is -2.45.